The van der Waals surface area contributed by atoms with E-state index in [0.717, 1.165) is 56.3 Å². The molecule has 1 saturated carbocycles. The molecule has 0 radical (unpaired) electrons. The first kappa shape index (κ1) is 26.8. The lowest BCUT2D eigenvalue weighted by Gasteiger charge is -2.39. The molecule has 35 heavy (non-hydrogen) atoms. The number of likely N-dealkylation sites (tertiary alicyclic amines) is 1. The number of nitrogens with two attached hydrogens (primary N) is 1. The summed E-state index contributed by atoms with van der Waals surface area (Å²) in [7, 11) is 0. The molecule has 194 valence electrons. The van der Waals surface area contributed by atoms with Gasteiger partial charge in [-0.15, -0.1) is 0 Å². The molecule has 2 fully saturated rings. The third-order valence-electron chi connectivity index (χ3n) is 7.09. The molecule has 2 aliphatic rings. The molecule has 0 bridgehead atoms. The van der Waals surface area contributed by atoms with E-state index in [4.69, 9.17) is 15.9 Å². The van der Waals surface area contributed by atoms with Crippen LogP contribution < -0.4 is 21.1 Å². The van der Waals surface area contributed by atoms with Crippen LogP contribution >= 0.6 is 0 Å². The van der Waals surface area contributed by atoms with Gasteiger partial charge in [-0.25, -0.2) is 0 Å². The number of rotatable bonds is 10. The number of benzene rings is 1. The van der Waals surface area contributed by atoms with Crippen molar-refractivity contribution in [3.8, 4) is 5.75 Å². The predicted molar refractivity (Wildman–Crippen MR) is 135 cm³/mol. The number of guanidine groups is 1. The number of nitrogens with one attached hydrogen (secondary N) is 3. The van der Waals surface area contributed by atoms with Crippen molar-refractivity contribution in [1.29, 1.82) is 5.41 Å². The minimum absolute atomic E-state index is 0.00540. The minimum atomic E-state index is -0.957. The van der Waals surface area contributed by atoms with Gasteiger partial charge in [0.15, 0.2) is 5.96 Å². The van der Waals surface area contributed by atoms with E-state index < -0.39 is 12.3 Å². The normalized spacial score (nSPS) is 24.5. The second-order valence-corrected chi connectivity index (χ2v) is 9.79. The Labute approximate surface area is 208 Å². The third kappa shape index (κ3) is 8.13. The highest BCUT2D eigenvalue weighted by molar-refractivity contribution is 5.80. The number of aliphatic hydroxyl groups is 1. The zero-order valence-electron chi connectivity index (χ0n) is 20.8. The Balaban J connectivity index is 1.34. The van der Waals surface area contributed by atoms with Crippen LogP contribution in [0.15, 0.2) is 24.3 Å². The van der Waals surface area contributed by atoms with Gasteiger partial charge in [0.05, 0.1) is 19.1 Å². The Hall–Kier alpha value is -2.81. The maximum Gasteiger partial charge on any atom is 0.224 e. The van der Waals surface area contributed by atoms with Crippen LogP contribution in [0, 0.1) is 17.2 Å². The number of carbonyl (C=O) groups excluding carboxylic acids is 2. The molecule has 1 aromatic carbocycles. The molecule has 0 spiro atoms. The van der Waals surface area contributed by atoms with Crippen LogP contribution in [0.4, 0.5) is 0 Å². The second kappa shape index (κ2) is 13.3. The quantitative estimate of drug-likeness (QED) is 0.194. The van der Waals surface area contributed by atoms with E-state index in [1.807, 2.05) is 24.3 Å². The van der Waals surface area contributed by atoms with Crippen molar-refractivity contribution in [2.75, 3.05) is 19.7 Å². The van der Waals surface area contributed by atoms with Gasteiger partial charge in [0.1, 0.15) is 12.0 Å². The largest absolute Gasteiger partial charge is 0.494 e. The summed E-state index contributed by atoms with van der Waals surface area (Å²) >= 11 is 0. The van der Waals surface area contributed by atoms with Crippen LogP contribution in [-0.2, 0) is 16.0 Å². The van der Waals surface area contributed by atoms with Gasteiger partial charge in [-0.05, 0) is 68.6 Å². The Bertz CT molecular complexity index is 839. The van der Waals surface area contributed by atoms with Crippen molar-refractivity contribution in [3.05, 3.63) is 29.8 Å². The Morgan fingerprint density at radius 2 is 1.89 bits per heavy atom. The van der Waals surface area contributed by atoms with Crippen LogP contribution in [-0.4, -0.2) is 59.7 Å². The van der Waals surface area contributed by atoms with Gasteiger partial charge < -0.3 is 31.1 Å². The number of carbonyl (C=O) groups is 2. The van der Waals surface area contributed by atoms with Crippen LogP contribution in [0.5, 0.6) is 5.75 Å². The molecule has 1 aliphatic heterocycles. The molecule has 3 rings (SSSR count). The molecule has 6 N–H and O–H groups in total. The fraction of sp³-hybridized carbons (Fsp3) is 0.654. The van der Waals surface area contributed by atoms with E-state index in [2.05, 4.69) is 17.6 Å². The molecule has 2 amide bonds. The van der Waals surface area contributed by atoms with Crippen molar-refractivity contribution < 1.29 is 19.4 Å². The van der Waals surface area contributed by atoms with E-state index in [9.17, 15) is 14.7 Å². The van der Waals surface area contributed by atoms with Crippen LogP contribution in [0.2, 0.25) is 0 Å². The van der Waals surface area contributed by atoms with Gasteiger partial charge in [-0.1, -0.05) is 25.5 Å². The van der Waals surface area contributed by atoms with Crippen LogP contribution in [0.3, 0.4) is 0 Å². The van der Waals surface area contributed by atoms with Crippen molar-refractivity contribution in [2.45, 2.75) is 77.0 Å². The number of amides is 2. The van der Waals surface area contributed by atoms with Crippen molar-refractivity contribution in [3.63, 3.8) is 0 Å². The van der Waals surface area contributed by atoms with E-state index >= 15 is 0 Å². The number of hydrogen-bond acceptors (Lipinski definition) is 5. The summed E-state index contributed by atoms with van der Waals surface area (Å²) < 4.78 is 5.66. The number of aliphatic hydroxyl groups excluding tert-OH is 1. The molecule has 1 aliphatic carbocycles. The monoisotopic (exact) mass is 487 g/mol. The molecule has 1 aromatic rings. The van der Waals surface area contributed by atoms with Crippen molar-refractivity contribution in [2.24, 2.45) is 17.6 Å². The molecule has 1 unspecified atom stereocenters. The molecule has 9 nitrogen and oxygen atoms in total. The standard InChI is InChI=1S/C26H41N5O4/c1-2-3-15-35-21-12-8-18(9-13-21)16-23(32)29-17-19-6-10-20(11-7-19)24(33)30-22-5-4-14-31(25(22)34)26(27)28/h8-9,12-13,19-20,22,25,34H,2-7,10-11,14-17H2,1H3,(H3,27,28)(H,29,32)(H,30,33)/t19?,20?,22-,25?/m0/s1. The molecule has 9 heteroatoms. The van der Waals surface area contributed by atoms with Gasteiger partial charge in [0, 0.05) is 19.0 Å². The lowest BCUT2D eigenvalue weighted by molar-refractivity contribution is -0.129. The number of ether oxygens (including phenoxy) is 1. The fourth-order valence-electron chi connectivity index (χ4n) is 4.86. The first-order valence-electron chi connectivity index (χ1n) is 12.9. The molecular formula is C26H41N5O4. The lowest BCUT2D eigenvalue weighted by Crippen LogP contribution is -2.59. The highest BCUT2D eigenvalue weighted by Gasteiger charge is 2.34. The summed E-state index contributed by atoms with van der Waals surface area (Å²) in [5, 5.41) is 24.0. The summed E-state index contributed by atoms with van der Waals surface area (Å²) in [6.07, 6.45) is 6.26. The van der Waals surface area contributed by atoms with Gasteiger partial charge >= 0.3 is 0 Å². The number of piperidine rings is 1. The van der Waals surface area contributed by atoms with Gasteiger partial charge in [-0.2, -0.15) is 0 Å². The zero-order valence-corrected chi connectivity index (χ0v) is 20.8. The zero-order chi connectivity index (χ0) is 25.2. The summed E-state index contributed by atoms with van der Waals surface area (Å²) in [5.74, 6) is 0.908. The van der Waals surface area contributed by atoms with Gasteiger partial charge in [-0.3, -0.25) is 15.0 Å². The summed E-state index contributed by atoms with van der Waals surface area (Å²) in [6, 6.07) is 7.28. The maximum atomic E-state index is 12.8. The minimum Gasteiger partial charge on any atom is -0.494 e. The van der Waals surface area contributed by atoms with E-state index in [1.165, 1.54) is 4.90 Å². The Kier molecular flexibility index (Phi) is 10.2. The molecule has 1 heterocycles. The Morgan fingerprint density at radius 1 is 1.17 bits per heavy atom. The number of hydrogen-bond donors (Lipinski definition) is 5. The van der Waals surface area contributed by atoms with Crippen LogP contribution in [0.25, 0.3) is 0 Å². The summed E-state index contributed by atoms with van der Waals surface area (Å²) in [5.41, 5.74) is 6.49. The van der Waals surface area contributed by atoms with Crippen molar-refractivity contribution >= 4 is 17.8 Å². The molecule has 1 saturated heterocycles. The van der Waals surface area contributed by atoms with E-state index in [0.29, 0.717) is 38.5 Å². The average Bonchev–Trinajstić information content (AvgIpc) is 2.85. The van der Waals surface area contributed by atoms with Crippen molar-refractivity contribution in [1.82, 2.24) is 15.5 Å². The summed E-state index contributed by atoms with van der Waals surface area (Å²) in [6.45, 7) is 3.99. The number of unbranched alkanes of at least 4 members (excludes halogenated alkanes) is 1. The fourth-order valence-corrected chi connectivity index (χ4v) is 4.86. The first-order valence-corrected chi connectivity index (χ1v) is 12.9. The van der Waals surface area contributed by atoms with E-state index in [-0.39, 0.29) is 23.7 Å². The average molecular weight is 488 g/mol. The smallest absolute Gasteiger partial charge is 0.224 e. The highest BCUT2D eigenvalue weighted by Crippen LogP contribution is 2.29. The van der Waals surface area contributed by atoms with E-state index in [1.54, 1.807) is 0 Å². The Morgan fingerprint density at radius 3 is 2.54 bits per heavy atom. The topological polar surface area (TPSA) is 141 Å². The highest BCUT2D eigenvalue weighted by atomic mass is 16.5. The molecule has 2 atom stereocenters. The van der Waals surface area contributed by atoms with Gasteiger partial charge in [0.2, 0.25) is 11.8 Å². The number of nitrogens with zero attached hydrogens (tertiary/aromatic N) is 1. The lowest BCUT2D eigenvalue weighted by atomic mass is 9.81. The molecule has 0 aromatic heterocycles. The second-order valence-electron chi connectivity index (χ2n) is 9.79. The van der Waals surface area contributed by atoms with Gasteiger partial charge in [0.25, 0.3) is 0 Å². The van der Waals surface area contributed by atoms with Crippen LogP contribution in [0.1, 0.15) is 63.9 Å². The SMILES string of the molecule is CCCCOc1ccc(CC(=O)NCC2CCC(C(=O)N[C@H]3CCCN(C(=N)N)C3O)CC2)cc1. The first-order chi connectivity index (χ1) is 16.9. The predicted octanol–water partition coefficient (Wildman–Crippen LogP) is 2.12. The molecular weight excluding hydrogens is 446 g/mol. The third-order valence-corrected chi connectivity index (χ3v) is 7.09. The summed E-state index contributed by atoms with van der Waals surface area (Å²) in [4.78, 5) is 26.6. The maximum absolute atomic E-state index is 12.8.